The monoisotopic (exact) mass is 366 g/mol. The number of amides is 2. The summed E-state index contributed by atoms with van der Waals surface area (Å²) in [7, 11) is 1.50. The first-order valence-electron chi connectivity index (χ1n) is 7.19. The van der Waals surface area contributed by atoms with Gasteiger partial charge in [-0.3, -0.25) is 9.59 Å². The molecule has 2 aromatic carbocycles. The van der Waals surface area contributed by atoms with Gasteiger partial charge < -0.3 is 15.4 Å². The van der Waals surface area contributed by atoms with Crippen molar-refractivity contribution in [3.8, 4) is 5.75 Å². The molecule has 0 spiro atoms. The number of benzene rings is 2. The lowest BCUT2D eigenvalue weighted by molar-refractivity contribution is -0.115. The quantitative estimate of drug-likeness (QED) is 0.812. The van der Waals surface area contributed by atoms with E-state index in [2.05, 4.69) is 10.6 Å². The second kappa shape index (κ2) is 8.04. The molecule has 5 nitrogen and oxygen atoms in total. The van der Waals surface area contributed by atoms with Gasteiger partial charge in [0.25, 0.3) is 5.91 Å². The maximum atomic E-state index is 12.4. The molecule has 126 valence electrons. The number of rotatable bonds is 5. The van der Waals surface area contributed by atoms with Gasteiger partial charge in [0.1, 0.15) is 5.75 Å². The van der Waals surface area contributed by atoms with Crippen LogP contribution in [0.15, 0.2) is 36.4 Å². The highest BCUT2D eigenvalue weighted by atomic mass is 35.5. The SMILES string of the molecule is CCC(=O)Nc1ccc(Cl)c(NC(=O)c2ccc(OC)c(Cl)c2)c1. The number of nitrogens with one attached hydrogen (secondary N) is 2. The van der Waals surface area contributed by atoms with Crippen LogP contribution in [-0.2, 0) is 4.79 Å². The van der Waals surface area contributed by atoms with E-state index in [9.17, 15) is 9.59 Å². The van der Waals surface area contributed by atoms with Crippen LogP contribution in [-0.4, -0.2) is 18.9 Å². The predicted molar refractivity (Wildman–Crippen MR) is 96.3 cm³/mol. The summed E-state index contributed by atoms with van der Waals surface area (Å²) in [5, 5.41) is 6.10. The topological polar surface area (TPSA) is 67.4 Å². The third-order valence-electron chi connectivity index (χ3n) is 3.23. The van der Waals surface area contributed by atoms with Crippen LogP contribution in [0.4, 0.5) is 11.4 Å². The summed E-state index contributed by atoms with van der Waals surface area (Å²) < 4.78 is 5.06. The smallest absolute Gasteiger partial charge is 0.255 e. The van der Waals surface area contributed by atoms with Crippen molar-refractivity contribution in [1.82, 2.24) is 0 Å². The lowest BCUT2D eigenvalue weighted by Gasteiger charge is -2.11. The maximum absolute atomic E-state index is 12.4. The molecule has 0 aliphatic rings. The Morgan fingerprint density at radius 1 is 1.04 bits per heavy atom. The maximum Gasteiger partial charge on any atom is 0.255 e. The Labute approximate surface area is 149 Å². The Balaban J connectivity index is 2.20. The van der Waals surface area contributed by atoms with Crippen LogP contribution in [0.2, 0.25) is 10.0 Å². The lowest BCUT2D eigenvalue weighted by Crippen LogP contribution is -2.13. The molecule has 0 aliphatic carbocycles. The molecule has 24 heavy (non-hydrogen) atoms. The zero-order valence-corrected chi connectivity index (χ0v) is 14.7. The molecule has 2 aromatic rings. The van der Waals surface area contributed by atoms with E-state index in [0.717, 1.165) is 0 Å². The molecule has 0 fully saturated rings. The van der Waals surface area contributed by atoms with E-state index in [4.69, 9.17) is 27.9 Å². The largest absolute Gasteiger partial charge is 0.495 e. The van der Waals surface area contributed by atoms with Crippen molar-refractivity contribution >= 4 is 46.4 Å². The summed E-state index contributed by atoms with van der Waals surface area (Å²) in [5.74, 6) is -0.0209. The molecule has 0 heterocycles. The summed E-state index contributed by atoms with van der Waals surface area (Å²) in [5.41, 5.74) is 1.30. The minimum Gasteiger partial charge on any atom is -0.495 e. The molecule has 0 unspecified atom stereocenters. The first kappa shape index (κ1) is 18.1. The predicted octanol–water partition coefficient (Wildman–Crippen LogP) is 4.60. The second-order valence-corrected chi connectivity index (χ2v) is 5.71. The van der Waals surface area contributed by atoms with Gasteiger partial charge in [-0.15, -0.1) is 0 Å². The normalized spacial score (nSPS) is 10.2. The Hall–Kier alpha value is -2.24. The Bertz CT molecular complexity index is 778. The molecule has 0 saturated carbocycles. The van der Waals surface area contributed by atoms with Crippen LogP contribution >= 0.6 is 23.2 Å². The van der Waals surface area contributed by atoms with Crippen molar-refractivity contribution in [3.05, 3.63) is 52.0 Å². The van der Waals surface area contributed by atoms with Crippen molar-refractivity contribution in [3.63, 3.8) is 0 Å². The Morgan fingerprint density at radius 3 is 2.42 bits per heavy atom. The van der Waals surface area contributed by atoms with Crippen molar-refractivity contribution in [2.45, 2.75) is 13.3 Å². The molecule has 0 saturated heterocycles. The summed E-state index contributed by atoms with van der Waals surface area (Å²) in [4.78, 5) is 23.8. The Morgan fingerprint density at radius 2 is 1.79 bits per heavy atom. The number of halogens is 2. The fraction of sp³-hybridized carbons (Fsp3) is 0.176. The lowest BCUT2D eigenvalue weighted by atomic mass is 10.2. The zero-order chi connectivity index (χ0) is 17.7. The van der Waals surface area contributed by atoms with Crippen LogP contribution in [0, 0.1) is 0 Å². The molecule has 7 heteroatoms. The number of anilines is 2. The molecule has 0 atom stereocenters. The summed E-state index contributed by atoms with van der Waals surface area (Å²) in [6.07, 6.45) is 0.356. The minimum atomic E-state index is -0.375. The van der Waals surface area contributed by atoms with Gasteiger partial charge in [0.15, 0.2) is 0 Å². The van der Waals surface area contributed by atoms with Crippen LogP contribution in [0.5, 0.6) is 5.75 Å². The number of carbonyl (C=O) groups is 2. The van der Waals surface area contributed by atoms with Crippen molar-refractivity contribution in [2.75, 3.05) is 17.7 Å². The van der Waals surface area contributed by atoms with Gasteiger partial charge in [-0.1, -0.05) is 30.1 Å². The summed E-state index contributed by atoms with van der Waals surface area (Å²) >= 11 is 12.1. The van der Waals surface area contributed by atoms with Gasteiger partial charge in [-0.25, -0.2) is 0 Å². The van der Waals surface area contributed by atoms with Crippen LogP contribution in [0.3, 0.4) is 0 Å². The molecule has 2 rings (SSSR count). The third kappa shape index (κ3) is 4.40. The first-order chi connectivity index (χ1) is 11.4. The van der Waals surface area contributed by atoms with E-state index < -0.39 is 0 Å². The molecule has 0 aliphatic heterocycles. The van der Waals surface area contributed by atoms with E-state index in [1.165, 1.54) is 13.2 Å². The van der Waals surface area contributed by atoms with Crippen molar-refractivity contribution in [1.29, 1.82) is 0 Å². The van der Waals surface area contributed by atoms with E-state index in [1.807, 2.05) is 0 Å². The average molecular weight is 367 g/mol. The van der Waals surface area contributed by atoms with E-state index >= 15 is 0 Å². The van der Waals surface area contributed by atoms with Gasteiger partial charge >= 0.3 is 0 Å². The van der Waals surface area contributed by atoms with Crippen LogP contribution in [0.25, 0.3) is 0 Å². The van der Waals surface area contributed by atoms with Crippen LogP contribution < -0.4 is 15.4 Å². The van der Waals surface area contributed by atoms with E-state index in [-0.39, 0.29) is 11.8 Å². The summed E-state index contributed by atoms with van der Waals surface area (Å²) in [6.45, 7) is 1.75. The molecule has 0 bridgehead atoms. The van der Waals surface area contributed by atoms with E-state index in [1.54, 1.807) is 37.3 Å². The Kier molecular flexibility index (Phi) is 6.06. The van der Waals surface area contributed by atoms with Gasteiger partial charge in [-0.05, 0) is 36.4 Å². The number of carbonyl (C=O) groups excluding carboxylic acids is 2. The van der Waals surface area contributed by atoms with E-state index in [0.29, 0.717) is 39.2 Å². The highest BCUT2D eigenvalue weighted by Gasteiger charge is 2.12. The number of ether oxygens (including phenoxy) is 1. The first-order valence-corrected chi connectivity index (χ1v) is 7.94. The zero-order valence-electron chi connectivity index (χ0n) is 13.2. The molecule has 2 amide bonds. The van der Waals surface area contributed by atoms with Gasteiger partial charge in [-0.2, -0.15) is 0 Å². The van der Waals surface area contributed by atoms with Crippen LogP contribution in [0.1, 0.15) is 23.7 Å². The fourth-order valence-electron chi connectivity index (χ4n) is 1.95. The second-order valence-electron chi connectivity index (χ2n) is 4.90. The fourth-order valence-corrected chi connectivity index (χ4v) is 2.37. The van der Waals surface area contributed by atoms with Gasteiger partial charge in [0.05, 0.1) is 22.8 Å². The standard InChI is InChI=1S/C17H16Cl2N2O3/c1-3-16(22)20-11-5-6-12(18)14(9-11)21-17(23)10-4-7-15(24-2)13(19)8-10/h4-9H,3H2,1-2H3,(H,20,22)(H,21,23). The molecule has 0 aromatic heterocycles. The number of hydrogen-bond acceptors (Lipinski definition) is 3. The highest BCUT2D eigenvalue weighted by Crippen LogP contribution is 2.28. The van der Waals surface area contributed by atoms with Crippen molar-refractivity contribution in [2.24, 2.45) is 0 Å². The minimum absolute atomic E-state index is 0.128. The summed E-state index contributed by atoms with van der Waals surface area (Å²) in [6, 6.07) is 9.57. The average Bonchev–Trinajstić information content (AvgIpc) is 2.57. The van der Waals surface area contributed by atoms with Gasteiger partial charge in [0.2, 0.25) is 5.91 Å². The van der Waals surface area contributed by atoms with Gasteiger partial charge in [0, 0.05) is 17.7 Å². The number of methoxy groups -OCH3 is 1. The number of hydrogen-bond donors (Lipinski definition) is 2. The third-order valence-corrected chi connectivity index (χ3v) is 3.86. The van der Waals surface area contributed by atoms with Crippen molar-refractivity contribution < 1.29 is 14.3 Å². The highest BCUT2D eigenvalue weighted by molar-refractivity contribution is 6.34. The molecule has 2 N–H and O–H groups in total. The molecule has 0 radical (unpaired) electrons. The molecular formula is C17H16Cl2N2O3. The molecular weight excluding hydrogens is 351 g/mol.